The van der Waals surface area contributed by atoms with Crippen LogP contribution in [-0.2, 0) is 12.0 Å². The fourth-order valence-electron chi connectivity index (χ4n) is 6.08. The third-order valence-corrected chi connectivity index (χ3v) is 8.36. The van der Waals surface area contributed by atoms with Gasteiger partial charge in [0.25, 0.3) is 5.91 Å². The van der Waals surface area contributed by atoms with Crippen molar-refractivity contribution in [1.82, 2.24) is 30.8 Å². The molecule has 1 saturated heterocycles. The maximum absolute atomic E-state index is 13.6. The number of aromatic nitrogens is 4. The molecular formula is C32H37N7O3. The number of methoxy groups -OCH3 is 2. The fourth-order valence-corrected chi connectivity index (χ4v) is 6.08. The molecule has 2 aliphatic rings. The maximum Gasteiger partial charge on any atom is 0.251 e. The molecule has 4 aromatic rings. The van der Waals surface area contributed by atoms with E-state index in [1.807, 2.05) is 48.5 Å². The molecule has 3 heterocycles. The van der Waals surface area contributed by atoms with E-state index >= 15 is 0 Å². The molecular weight excluding hydrogens is 530 g/mol. The Morgan fingerprint density at radius 2 is 1.79 bits per heavy atom. The molecule has 42 heavy (non-hydrogen) atoms. The lowest BCUT2D eigenvalue weighted by atomic mass is 9.87. The number of nitrogens with zero attached hydrogens (tertiary/aromatic N) is 3. The molecule has 1 amide bonds. The molecule has 6 rings (SSSR count). The summed E-state index contributed by atoms with van der Waals surface area (Å²) in [5, 5.41) is 18.2. The predicted molar refractivity (Wildman–Crippen MR) is 161 cm³/mol. The molecule has 0 radical (unpaired) electrons. The van der Waals surface area contributed by atoms with Crippen LogP contribution in [0.3, 0.4) is 0 Å². The number of nitrogens with one attached hydrogen (secondary N) is 4. The number of carbonyl (C=O) groups is 1. The van der Waals surface area contributed by atoms with Gasteiger partial charge < -0.3 is 25.4 Å². The van der Waals surface area contributed by atoms with Crippen molar-refractivity contribution in [3.8, 4) is 22.9 Å². The molecule has 2 aromatic carbocycles. The predicted octanol–water partition coefficient (Wildman–Crippen LogP) is 4.77. The Morgan fingerprint density at radius 1 is 1.00 bits per heavy atom. The Hall–Kier alpha value is -4.44. The topological polar surface area (TPSA) is 126 Å². The summed E-state index contributed by atoms with van der Waals surface area (Å²) < 4.78 is 11.1. The van der Waals surface area contributed by atoms with Crippen LogP contribution in [-0.4, -0.2) is 53.4 Å². The average molecular weight is 568 g/mol. The number of aryl methyl sites for hydroxylation is 1. The van der Waals surface area contributed by atoms with Gasteiger partial charge in [-0.2, -0.15) is 5.10 Å². The van der Waals surface area contributed by atoms with Gasteiger partial charge in [-0.3, -0.25) is 14.9 Å². The summed E-state index contributed by atoms with van der Waals surface area (Å²) in [7, 11) is 3.29. The van der Waals surface area contributed by atoms with E-state index in [0.717, 1.165) is 74.3 Å². The van der Waals surface area contributed by atoms with Gasteiger partial charge in [0, 0.05) is 29.2 Å². The minimum Gasteiger partial charge on any atom is -0.493 e. The maximum atomic E-state index is 13.6. The van der Waals surface area contributed by atoms with Crippen LogP contribution in [0.1, 0.15) is 65.5 Å². The van der Waals surface area contributed by atoms with Crippen molar-refractivity contribution in [2.45, 2.75) is 50.1 Å². The highest BCUT2D eigenvalue weighted by molar-refractivity contribution is 5.95. The number of hydrogen-bond donors (Lipinski definition) is 4. The van der Waals surface area contributed by atoms with Crippen LogP contribution in [0.4, 0.5) is 5.69 Å². The second-order valence-electron chi connectivity index (χ2n) is 11.0. The Balaban J connectivity index is 1.24. The van der Waals surface area contributed by atoms with Crippen LogP contribution in [0, 0.1) is 0 Å². The van der Waals surface area contributed by atoms with Crippen LogP contribution in [0.25, 0.3) is 11.4 Å². The van der Waals surface area contributed by atoms with Crippen LogP contribution >= 0.6 is 0 Å². The lowest BCUT2D eigenvalue weighted by Gasteiger charge is -2.37. The molecule has 10 nitrogen and oxygen atoms in total. The zero-order chi connectivity index (χ0) is 28.9. The number of fused-ring (bicyclic) bond motifs is 1. The summed E-state index contributed by atoms with van der Waals surface area (Å²) >= 11 is 0. The van der Waals surface area contributed by atoms with E-state index < -0.39 is 5.54 Å². The van der Waals surface area contributed by atoms with Crippen molar-refractivity contribution < 1.29 is 14.3 Å². The van der Waals surface area contributed by atoms with Gasteiger partial charge in [-0.1, -0.05) is 12.5 Å². The molecule has 1 aliphatic heterocycles. The Kier molecular flexibility index (Phi) is 8.05. The number of aromatic amines is 1. The number of rotatable bonds is 8. The van der Waals surface area contributed by atoms with Crippen molar-refractivity contribution in [2.75, 3.05) is 32.6 Å². The van der Waals surface area contributed by atoms with Crippen molar-refractivity contribution >= 4 is 11.6 Å². The van der Waals surface area contributed by atoms with Gasteiger partial charge in [0.1, 0.15) is 0 Å². The van der Waals surface area contributed by atoms with Crippen LogP contribution in [0.5, 0.6) is 11.5 Å². The summed E-state index contributed by atoms with van der Waals surface area (Å²) in [5.74, 6) is 2.71. The van der Waals surface area contributed by atoms with E-state index in [-0.39, 0.29) is 11.9 Å². The highest BCUT2D eigenvalue weighted by atomic mass is 16.5. The summed E-state index contributed by atoms with van der Waals surface area (Å²) in [6.07, 6.45) is 9.02. The van der Waals surface area contributed by atoms with Gasteiger partial charge in [-0.25, -0.2) is 4.98 Å². The van der Waals surface area contributed by atoms with Crippen molar-refractivity contribution in [2.24, 2.45) is 0 Å². The van der Waals surface area contributed by atoms with Gasteiger partial charge >= 0.3 is 0 Å². The first-order chi connectivity index (χ1) is 20.6. The Labute approximate surface area is 245 Å². The fraction of sp³-hybridized carbons (Fsp3) is 0.375. The number of amides is 1. The minimum atomic E-state index is -0.450. The second kappa shape index (κ2) is 12.2. The molecule has 1 fully saturated rings. The van der Waals surface area contributed by atoms with Crippen molar-refractivity contribution in [1.29, 1.82) is 0 Å². The molecule has 218 valence electrons. The lowest BCUT2D eigenvalue weighted by molar-refractivity contribution is 0.0934. The third-order valence-electron chi connectivity index (χ3n) is 8.36. The van der Waals surface area contributed by atoms with Crippen LogP contribution in [0.2, 0.25) is 0 Å². The molecule has 4 N–H and O–H groups in total. The van der Waals surface area contributed by atoms with E-state index in [1.165, 1.54) is 5.56 Å². The highest BCUT2D eigenvalue weighted by Crippen LogP contribution is 2.38. The van der Waals surface area contributed by atoms with Crippen LogP contribution < -0.4 is 25.4 Å². The molecule has 0 bridgehead atoms. The smallest absolute Gasteiger partial charge is 0.251 e. The van der Waals surface area contributed by atoms with E-state index in [0.29, 0.717) is 22.9 Å². The van der Waals surface area contributed by atoms with Crippen LogP contribution in [0.15, 0.2) is 60.9 Å². The van der Waals surface area contributed by atoms with E-state index in [9.17, 15) is 4.79 Å². The molecule has 1 aliphatic carbocycles. The largest absolute Gasteiger partial charge is 0.493 e. The Morgan fingerprint density at radius 3 is 2.57 bits per heavy atom. The zero-order valence-electron chi connectivity index (χ0n) is 24.1. The quantitative estimate of drug-likeness (QED) is 0.224. The first kappa shape index (κ1) is 27.7. The summed E-state index contributed by atoms with van der Waals surface area (Å²) in [5.41, 5.74) is 4.21. The number of piperidine rings is 1. The number of hydrogen-bond acceptors (Lipinski definition) is 8. The van der Waals surface area contributed by atoms with Crippen molar-refractivity contribution in [3.63, 3.8) is 0 Å². The molecule has 10 heteroatoms. The summed E-state index contributed by atoms with van der Waals surface area (Å²) in [4.78, 5) is 22.6. The van der Waals surface area contributed by atoms with E-state index in [1.54, 1.807) is 26.6 Å². The number of anilines is 1. The standard InChI is InChI=1S/C32H37N7O3/c1-41-27-19-22-6-3-4-9-26(25(22)20-28(27)42-2)35-30(40)23-7-5-8-24(18-23)37-32(12-16-34-17-13-32)31-36-29(38-39-31)21-10-14-33-15-11-21/h5,7-8,10-11,14-15,18-20,26,34,37H,3-4,6,9,12-13,16-17H2,1-2H3,(H,35,40)(H,36,38,39). The van der Waals surface area contributed by atoms with Gasteiger partial charge in [-0.15, -0.1) is 0 Å². The highest BCUT2D eigenvalue weighted by Gasteiger charge is 2.37. The Bertz CT molecular complexity index is 1530. The minimum absolute atomic E-state index is 0.106. The monoisotopic (exact) mass is 567 g/mol. The molecule has 1 atom stereocenters. The normalized spacial score (nSPS) is 17.9. The van der Waals surface area contributed by atoms with E-state index in [2.05, 4.69) is 31.1 Å². The van der Waals surface area contributed by atoms with Gasteiger partial charge in [0.15, 0.2) is 23.1 Å². The number of ether oxygens (including phenoxy) is 2. The van der Waals surface area contributed by atoms with Gasteiger partial charge in [0.2, 0.25) is 0 Å². The number of benzene rings is 2. The summed E-state index contributed by atoms with van der Waals surface area (Å²) in [6.45, 7) is 1.68. The zero-order valence-corrected chi connectivity index (χ0v) is 24.1. The SMILES string of the molecule is COc1cc2c(cc1OC)C(NC(=O)c1cccc(NC3(c4nc(-c5ccncc5)n[nH]4)CCNCC3)c1)CCCC2. The first-order valence-corrected chi connectivity index (χ1v) is 14.6. The number of H-pyrrole nitrogens is 1. The lowest BCUT2D eigenvalue weighted by Crippen LogP contribution is -2.46. The first-order valence-electron chi connectivity index (χ1n) is 14.6. The van der Waals surface area contributed by atoms with Gasteiger partial charge in [0.05, 0.1) is 25.8 Å². The number of carbonyl (C=O) groups excluding carboxylic acids is 1. The summed E-state index contributed by atoms with van der Waals surface area (Å²) in [6, 6.07) is 15.5. The number of pyridine rings is 1. The van der Waals surface area contributed by atoms with Crippen molar-refractivity contribution in [3.05, 3.63) is 83.4 Å². The molecule has 0 spiro atoms. The second-order valence-corrected chi connectivity index (χ2v) is 11.0. The molecule has 2 aromatic heterocycles. The van der Waals surface area contributed by atoms with E-state index in [4.69, 9.17) is 14.5 Å². The average Bonchev–Trinajstić information content (AvgIpc) is 3.47. The molecule has 0 saturated carbocycles. The molecule has 1 unspecified atom stereocenters. The third kappa shape index (κ3) is 5.67. The van der Waals surface area contributed by atoms with Gasteiger partial charge in [-0.05, 0) is 98.8 Å².